The zero-order valence-corrected chi connectivity index (χ0v) is 10.8. The molecule has 20 heavy (non-hydrogen) atoms. The van der Waals surface area contributed by atoms with E-state index in [1.807, 2.05) is 6.07 Å². The Hall–Kier alpha value is -2.36. The molecule has 0 saturated heterocycles. The Bertz CT molecular complexity index is 711. The second kappa shape index (κ2) is 3.82. The first-order chi connectivity index (χ1) is 9.63. The second-order valence-corrected chi connectivity index (χ2v) is 5.63. The van der Waals surface area contributed by atoms with Crippen LogP contribution in [0.25, 0.3) is 0 Å². The zero-order valence-electron chi connectivity index (χ0n) is 10.8. The van der Waals surface area contributed by atoms with E-state index in [1.165, 1.54) is 0 Å². The number of hydrogen-bond donors (Lipinski definition) is 4. The predicted molar refractivity (Wildman–Crippen MR) is 75.4 cm³/mol. The Kier molecular flexibility index (Phi) is 2.19. The molecule has 0 fully saturated rings. The van der Waals surface area contributed by atoms with E-state index in [1.54, 1.807) is 24.3 Å². The molecule has 102 valence electrons. The van der Waals surface area contributed by atoms with Crippen LogP contribution in [-0.2, 0) is 6.42 Å². The Morgan fingerprint density at radius 1 is 0.950 bits per heavy atom. The quantitative estimate of drug-likeness (QED) is 0.555. The van der Waals surface area contributed by atoms with E-state index < -0.39 is 0 Å². The highest BCUT2D eigenvalue weighted by atomic mass is 16.3. The number of benzene rings is 2. The first-order valence-corrected chi connectivity index (χ1v) is 6.75. The molecule has 0 aromatic heterocycles. The molecular formula is C16H15NO3. The highest BCUT2D eigenvalue weighted by Crippen LogP contribution is 2.50. The van der Waals surface area contributed by atoms with Gasteiger partial charge in [-0.15, -0.1) is 0 Å². The van der Waals surface area contributed by atoms with Crippen LogP contribution in [0.4, 0.5) is 5.69 Å². The highest BCUT2D eigenvalue weighted by Gasteiger charge is 2.38. The SMILES string of the molecule is Oc1ccc2c(c1)NCC1Cc3cc(O)c(O)cc3[C@H]21. The third kappa shape index (κ3) is 1.48. The molecule has 2 aromatic rings. The third-order valence-corrected chi connectivity index (χ3v) is 4.45. The number of rotatable bonds is 0. The van der Waals surface area contributed by atoms with Gasteiger partial charge in [-0.2, -0.15) is 0 Å². The van der Waals surface area contributed by atoms with Gasteiger partial charge in [0.2, 0.25) is 0 Å². The van der Waals surface area contributed by atoms with Crippen LogP contribution >= 0.6 is 0 Å². The molecule has 4 nitrogen and oxygen atoms in total. The van der Waals surface area contributed by atoms with E-state index in [2.05, 4.69) is 5.32 Å². The Morgan fingerprint density at radius 2 is 1.75 bits per heavy atom. The van der Waals surface area contributed by atoms with Crippen molar-refractivity contribution in [3.63, 3.8) is 0 Å². The molecule has 0 radical (unpaired) electrons. The van der Waals surface area contributed by atoms with Gasteiger partial charge < -0.3 is 20.6 Å². The molecule has 1 unspecified atom stereocenters. The maximum absolute atomic E-state index is 9.76. The number of anilines is 1. The number of phenols is 3. The minimum Gasteiger partial charge on any atom is -0.508 e. The van der Waals surface area contributed by atoms with Gasteiger partial charge in [0.05, 0.1) is 0 Å². The lowest BCUT2D eigenvalue weighted by Crippen LogP contribution is -2.25. The zero-order chi connectivity index (χ0) is 13.9. The van der Waals surface area contributed by atoms with Crippen LogP contribution in [0.5, 0.6) is 17.2 Å². The van der Waals surface area contributed by atoms with E-state index >= 15 is 0 Å². The summed E-state index contributed by atoms with van der Waals surface area (Å²) in [6.07, 6.45) is 0.890. The van der Waals surface area contributed by atoms with Crippen molar-refractivity contribution >= 4 is 5.69 Å². The topological polar surface area (TPSA) is 72.7 Å². The van der Waals surface area contributed by atoms with Crippen molar-refractivity contribution in [2.24, 2.45) is 5.92 Å². The molecule has 0 spiro atoms. The first-order valence-electron chi connectivity index (χ1n) is 6.75. The largest absolute Gasteiger partial charge is 0.508 e. The van der Waals surface area contributed by atoms with Crippen molar-refractivity contribution in [1.82, 2.24) is 0 Å². The minimum atomic E-state index is -0.0664. The Labute approximate surface area is 116 Å². The predicted octanol–water partition coefficient (Wildman–Crippen LogP) is 2.53. The van der Waals surface area contributed by atoms with Gasteiger partial charge in [-0.05, 0) is 47.2 Å². The maximum atomic E-state index is 9.76. The second-order valence-electron chi connectivity index (χ2n) is 5.63. The van der Waals surface area contributed by atoms with Gasteiger partial charge in [0.25, 0.3) is 0 Å². The van der Waals surface area contributed by atoms with Gasteiger partial charge in [-0.1, -0.05) is 6.07 Å². The van der Waals surface area contributed by atoms with Crippen molar-refractivity contribution < 1.29 is 15.3 Å². The number of phenolic OH excluding ortho intramolecular Hbond substituents is 3. The molecule has 4 heteroatoms. The van der Waals surface area contributed by atoms with E-state index in [4.69, 9.17) is 0 Å². The Morgan fingerprint density at radius 3 is 2.60 bits per heavy atom. The summed E-state index contributed by atoms with van der Waals surface area (Å²) in [5, 5.41) is 32.4. The summed E-state index contributed by atoms with van der Waals surface area (Å²) in [5.74, 6) is 0.766. The van der Waals surface area contributed by atoms with Crippen LogP contribution in [0.3, 0.4) is 0 Å². The molecule has 1 aliphatic heterocycles. The Balaban J connectivity index is 1.90. The van der Waals surface area contributed by atoms with Crippen LogP contribution in [0.2, 0.25) is 0 Å². The van der Waals surface area contributed by atoms with E-state index in [9.17, 15) is 15.3 Å². The molecule has 0 amide bonds. The normalized spacial score (nSPS) is 22.6. The van der Waals surface area contributed by atoms with E-state index in [0.717, 1.165) is 35.3 Å². The van der Waals surface area contributed by atoms with Crippen molar-refractivity contribution in [3.8, 4) is 17.2 Å². The van der Waals surface area contributed by atoms with Crippen LogP contribution in [-0.4, -0.2) is 21.9 Å². The first kappa shape index (κ1) is 11.5. The minimum absolute atomic E-state index is 0.0544. The fraction of sp³-hybridized carbons (Fsp3) is 0.250. The van der Waals surface area contributed by atoms with Crippen molar-refractivity contribution in [1.29, 1.82) is 0 Å². The average Bonchev–Trinajstić information content (AvgIpc) is 2.77. The van der Waals surface area contributed by atoms with E-state index in [0.29, 0.717) is 5.92 Å². The van der Waals surface area contributed by atoms with Gasteiger partial charge in [0.1, 0.15) is 5.75 Å². The lowest BCUT2D eigenvalue weighted by Gasteiger charge is -2.30. The number of hydrogen-bond acceptors (Lipinski definition) is 4. The lowest BCUT2D eigenvalue weighted by atomic mass is 9.82. The highest BCUT2D eigenvalue weighted by molar-refractivity contribution is 5.64. The van der Waals surface area contributed by atoms with Gasteiger partial charge >= 0.3 is 0 Å². The molecule has 0 bridgehead atoms. The summed E-state index contributed by atoms with van der Waals surface area (Å²) in [5.41, 5.74) is 4.27. The number of fused-ring (bicyclic) bond motifs is 5. The van der Waals surface area contributed by atoms with Crippen molar-refractivity contribution in [3.05, 3.63) is 47.0 Å². The molecule has 1 aliphatic carbocycles. The van der Waals surface area contributed by atoms with Gasteiger partial charge in [0, 0.05) is 24.2 Å². The maximum Gasteiger partial charge on any atom is 0.157 e. The molecule has 2 aromatic carbocycles. The third-order valence-electron chi connectivity index (χ3n) is 4.45. The molecule has 4 N–H and O–H groups in total. The van der Waals surface area contributed by atoms with Crippen molar-refractivity contribution in [2.75, 3.05) is 11.9 Å². The smallest absolute Gasteiger partial charge is 0.157 e. The lowest BCUT2D eigenvalue weighted by molar-refractivity contribution is 0.403. The molecule has 2 aliphatic rings. The molecule has 4 rings (SSSR count). The molecular weight excluding hydrogens is 254 g/mol. The summed E-state index contributed by atoms with van der Waals surface area (Å²) in [7, 11) is 0. The van der Waals surface area contributed by atoms with Crippen LogP contribution in [0, 0.1) is 5.92 Å². The van der Waals surface area contributed by atoms with Crippen molar-refractivity contribution in [2.45, 2.75) is 12.3 Å². The summed E-state index contributed by atoms with van der Waals surface area (Å²) in [6.45, 7) is 0.831. The summed E-state index contributed by atoms with van der Waals surface area (Å²) in [6, 6.07) is 8.72. The monoisotopic (exact) mass is 269 g/mol. The molecule has 1 heterocycles. The average molecular weight is 269 g/mol. The fourth-order valence-electron chi connectivity index (χ4n) is 3.58. The summed E-state index contributed by atoms with van der Waals surface area (Å²) < 4.78 is 0. The van der Waals surface area contributed by atoms with E-state index in [-0.39, 0.29) is 23.2 Å². The number of aromatic hydroxyl groups is 3. The number of nitrogens with one attached hydrogen (secondary N) is 1. The molecule has 2 atom stereocenters. The van der Waals surface area contributed by atoms with Crippen LogP contribution in [0.15, 0.2) is 30.3 Å². The standard InChI is InChI=1S/C16H15NO3/c18-10-1-2-11-13(5-10)17-7-9-3-8-4-14(19)15(20)6-12(8)16(9)11/h1-2,4-6,9,16-20H,3,7H2/t9?,16-/m0/s1. The van der Waals surface area contributed by atoms with Gasteiger partial charge in [-0.25, -0.2) is 0 Å². The van der Waals surface area contributed by atoms with Crippen LogP contribution < -0.4 is 5.32 Å². The molecule has 0 saturated carbocycles. The summed E-state index contributed by atoms with van der Waals surface area (Å²) >= 11 is 0. The summed E-state index contributed by atoms with van der Waals surface area (Å²) in [4.78, 5) is 0. The fourth-order valence-corrected chi connectivity index (χ4v) is 3.58. The van der Waals surface area contributed by atoms with Gasteiger partial charge in [0.15, 0.2) is 11.5 Å². The van der Waals surface area contributed by atoms with Gasteiger partial charge in [-0.3, -0.25) is 0 Å². The van der Waals surface area contributed by atoms with Crippen LogP contribution in [0.1, 0.15) is 22.6 Å².